The molecule has 5 rings (SSSR count). The number of aromatic nitrogens is 4. The van der Waals surface area contributed by atoms with Crippen LogP contribution in [0.25, 0.3) is 10.9 Å². The van der Waals surface area contributed by atoms with Crippen molar-refractivity contribution in [1.82, 2.24) is 24.8 Å². The van der Waals surface area contributed by atoms with Crippen LogP contribution in [0.2, 0.25) is 0 Å². The molecule has 2 aliphatic rings. The molecule has 0 bridgehead atoms. The van der Waals surface area contributed by atoms with Crippen molar-refractivity contribution in [3.63, 3.8) is 0 Å². The summed E-state index contributed by atoms with van der Waals surface area (Å²) in [6, 6.07) is 6.43. The molecule has 150 valence electrons. The van der Waals surface area contributed by atoms with Crippen LogP contribution in [-0.4, -0.2) is 57.1 Å². The van der Waals surface area contributed by atoms with E-state index in [1.54, 1.807) is 6.33 Å². The second kappa shape index (κ2) is 7.91. The van der Waals surface area contributed by atoms with Gasteiger partial charge in [0.15, 0.2) is 0 Å². The van der Waals surface area contributed by atoms with Crippen LogP contribution in [0.1, 0.15) is 30.7 Å². The number of fused-ring (bicyclic) bond motifs is 1. The highest BCUT2D eigenvalue weighted by Crippen LogP contribution is 2.31. The van der Waals surface area contributed by atoms with Crippen molar-refractivity contribution in [2.45, 2.75) is 38.8 Å². The highest BCUT2D eigenvalue weighted by molar-refractivity contribution is 5.86. The molecule has 7 nitrogen and oxygen atoms in total. The monoisotopic (exact) mass is 390 g/mol. The average molecular weight is 390 g/mol. The van der Waals surface area contributed by atoms with Gasteiger partial charge >= 0.3 is 0 Å². The highest BCUT2D eigenvalue weighted by Gasteiger charge is 2.22. The van der Waals surface area contributed by atoms with Gasteiger partial charge in [0, 0.05) is 56.4 Å². The Morgan fingerprint density at radius 1 is 1.00 bits per heavy atom. The van der Waals surface area contributed by atoms with Crippen LogP contribution in [0.15, 0.2) is 36.9 Å². The van der Waals surface area contributed by atoms with Gasteiger partial charge < -0.3 is 9.64 Å². The Kier molecular flexibility index (Phi) is 4.97. The molecule has 1 saturated heterocycles. The van der Waals surface area contributed by atoms with E-state index in [0.717, 1.165) is 68.2 Å². The minimum Gasteiger partial charge on any atom is -0.474 e. The zero-order valence-corrected chi connectivity index (χ0v) is 16.8. The lowest BCUT2D eigenvalue weighted by molar-refractivity contribution is 0.116. The Hall–Kier alpha value is -2.80. The molecule has 0 radical (unpaired) electrons. The predicted molar refractivity (Wildman–Crippen MR) is 112 cm³/mol. The topological polar surface area (TPSA) is 67.3 Å². The fourth-order valence-electron chi connectivity index (χ4n) is 3.88. The maximum atomic E-state index is 6.11. The molecule has 7 heteroatoms. The number of ether oxygens (including phenoxy) is 1. The Morgan fingerprint density at radius 2 is 1.79 bits per heavy atom. The number of piperazine rings is 1. The van der Waals surface area contributed by atoms with E-state index in [-0.39, 0.29) is 0 Å². The SMILES string of the molecule is Cc1ncc(CN2CCN(c3ccc4ncnc(OC5CCC5)c4c3)CC2)cn1. The third-order valence-electron chi connectivity index (χ3n) is 5.89. The maximum absolute atomic E-state index is 6.11. The number of hydrogen-bond acceptors (Lipinski definition) is 7. The zero-order chi connectivity index (χ0) is 19.6. The van der Waals surface area contributed by atoms with Gasteiger partial charge in [0.1, 0.15) is 18.3 Å². The molecule has 0 amide bonds. The molecule has 0 N–H and O–H groups in total. The van der Waals surface area contributed by atoms with Gasteiger partial charge in [-0.2, -0.15) is 0 Å². The van der Waals surface area contributed by atoms with Crippen molar-refractivity contribution in [1.29, 1.82) is 0 Å². The summed E-state index contributed by atoms with van der Waals surface area (Å²) in [5, 5.41) is 1.01. The smallest absolute Gasteiger partial charge is 0.224 e. The van der Waals surface area contributed by atoms with Crippen LogP contribution in [0.5, 0.6) is 5.88 Å². The molecular formula is C22H26N6O. The van der Waals surface area contributed by atoms with Gasteiger partial charge in [0.25, 0.3) is 0 Å². The van der Waals surface area contributed by atoms with Gasteiger partial charge in [0.2, 0.25) is 5.88 Å². The lowest BCUT2D eigenvalue weighted by atomic mass is 9.96. The first-order chi connectivity index (χ1) is 14.2. The Bertz CT molecular complexity index is 980. The summed E-state index contributed by atoms with van der Waals surface area (Å²) in [6.45, 7) is 6.83. The Labute approximate surface area is 170 Å². The van der Waals surface area contributed by atoms with E-state index in [1.165, 1.54) is 17.7 Å². The summed E-state index contributed by atoms with van der Waals surface area (Å²) in [7, 11) is 0. The molecule has 2 aromatic heterocycles. The number of aryl methyl sites for hydroxylation is 1. The summed E-state index contributed by atoms with van der Waals surface area (Å²) in [4.78, 5) is 22.3. The number of hydrogen-bond donors (Lipinski definition) is 0. The number of nitrogens with zero attached hydrogens (tertiary/aromatic N) is 6. The largest absolute Gasteiger partial charge is 0.474 e. The molecule has 2 fully saturated rings. The van der Waals surface area contributed by atoms with Gasteiger partial charge in [0.05, 0.1) is 10.9 Å². The van der Waals surface area contributed by atoms with E-state index in [4.69, 9.17) is 4.74 Å². The van der Waals surface area contributed by atoms with Crippen molar-refractivity contribution in [3.05, 3.63) is 48.3 Å². The normalized spacial score (nSPS) is 18.0. The van der Waals surface area contributed by atoms with Gasteiger partial charge in [-0.1, -0.05) is 0 Å². The second-order valence-electron chi connectivity index (χ2n) is 7.95. The van der Waals surface area contributed by atoms with Crippen molar-refractivity contribution in [3.8, 4) is 5.88 Å². The lowest BCUT2D eigenvalue weighted by Crippen LogP contribution is -2.46. The van der Waals surface area contributed by atoms with Crippen LogP contribution >= 0.6 is 0 Å². The first kappa shape index (κ1) is 18.2. The fourth-order valence-corrected chi connectivity index (χ4v) is 3.88. The van der Waals surface area contributed by atoms with Gasteiger partial charge in [-0.15, -0.1) is 0 Å². The number of rotatable bonds is 5. The van der Waals surface area contributed by atoms with E-state index >= 15 is 0 Å². The number of anilines is 1. The summed E-state index contributed by atoms with van der Waals surface area (Å²) in [5.74, 6) is 1.54. The summed E-state index contributed by atoms with van der Waals surface area (Å²) in [6.07, 6.45) is 9.27. The molecule has 0 unspecified atom stereocenters. The molecule has 3 heterocycles. The molecule has 1 aliphatic heterocycles. The Morgan fingerprint density at radius 3 is 2.52 bits per heavy atom. The van der Waals surface area contributed by atoms with Gasteiger partial charge in [-0.25, -0.2) is 19.9 Å². The summed E-state index contributed by atoms with van der Waals surface area (Å²) >= 11 is 0. The van der Waals surface area contributed by atoms with E-state index in [9.17, 15) is 0 Å². The van der Waals surface area contributed by atoms with Gasteiger partial charge in [-0.3, -0.25) is 4.90 Å². The van der Waals surface area contributed by atoms with Crippen LogP contribution < -0.4 is 9.64 Å². The molecule has 1 aliphatic carbocycles. The van der Waals surface area contributed by atoms with Crippen molar-refractivity contribution in [2.24, 2.45) is 0 Å². The summed E-state index contributed by atoms with van der Waals surface area (Å²) in [5.41, 5.74) is 3.32. The minimum atomic E-state index is 0.311. The van der Waals surface area contributed by atoms with Crippen LogP contribution in [0, 0.1) is 6.92 Å². The molecule has 1 aromatic carbocycles. The van der Waals surface area contributed by atoms with Crippen LogP contribution in [-0.2, 0) is 6.54 Å². The second-order valence-corrected chi connectivity index (χ2v) is 7.95. The zero-order valence-electron chi connectivity index (χ0n) is 16.8. The van der Waals surface area contributed by atoms with Crippen LogP contribution in [0.4, 0.5) is 5.69 Å². The fraction of sp³-hybridized carbons (Fsp3) is 0.455. The maximum Gasteiger partial charge on any atom is 0.224 e. The molecule has 0 spiro atoms. The Balaban J connectivity index is 1.27. The molecule has 1 saturated carbocycles. The van der Waals surface area contributed by atoms with Crippen molar-refractivity contribution in [2.75, 3.05) is 31.1 Å². The van der Waals surface area contributed by atoms with Crippen LogP contribution in [0.3, 0.4) is 0 Å². The number of benzene rings is 1. The van der Waals surface area contributed by atoms with E-state index in [2.05, 4.69) is 47.9 Å². The van der Waals surface area contributed by atoms with Gasteiger partial charge in [-0.05, 0) is 44.4 Å². The summed E-state index contributed by atoms with van der Waals surface area (Å²) < 4.78 is 6.11. The third kappa shape index (κ3) is 4.00. The highest BCUT2D eigenvalue weighted by atomic mass is 16.5. The molecular weight excluding hydrogens is 364 g/mol. The molecule has 0 atom stereocenters. The standard InChI is InChI=1S/C22H26N6O/c1-16-23-12-17(13-24-16)14-27-7-9-28(10-8-27)18-5-6-21-20(11-18)22(26-15-25-21)29-19-3-2-4-19/h5-6,11-13,15,19H,2-4,7-10,14H2,1H3. The lowest BCUT2D eigenvalue weighted by Gasteiger charge is -2.36. The first-order valence-electron chi connectivity index (χ1n) is 10.4. The molecule has 3 aromatic rings. The minimum absolute atomic E-state index is 0.311. The van der Waals surface area contributed by atoms with E-state index in [1.807, 2.05) is 19.3 Å². The van der Waals surface area contributed by atoms with E-state index < -0.39 is 0 Å². The third-order valence-corrected chi connectivity index (χ3v) is 5.89. The van der Waals surface area contributed by atoms with E-state index in [0.29, 0.717) is 6.10 Å². The predicted octanol–water partition coefficient (Wildman–Crippen LogP) is 2.98. The van der Waals surface area contributed by atoms with Crippen molar-refractivity contribution >= 4 is 16.6 Å². The first-order valence-corrected chi connectivity index (χ1v) is 10.4. The van der Waals surface area contributed by atoms with Crippen molar-refractivity contribution < 1.29 is 4.74 Å². The average Bonchev–Trinajstić information content (AvgIpc) is 2.73. The molecule has 29 heavy (non-hydrogen) atoms. The quantitative estimate of drug-likeness (QED) is 0.663.